The average Bonchev–Trinajstić information content (AvgIpc) is 2.87. The molecular formula is C13H20N4O3S. The molecule has 2 N–H and O–H groups in total. The van der Waals surface area contributed by atoms with Gasteiger partial charge in [0.25, 0.3) is 5.71 Å². The van der Waals surface area contributed by atoms with Gasteiger partial charge in [-0.05, 0) is 26.0 Å². The molecule has 0 aliphatic heterocycles. The molecule has 0 aliphatic rings. The molecule has 0 saturated carbocycles. The van der Waals surface area contributed by atoms with Crippen LogP contribution in [0.1, 0.15) is 26.5 Å². The Morgan fingerprint density at radius 2 is 2.14 bits per heavy atom. The lowest BCUT2D eigenvalue weighted by molar-refractivity contribution is 0.439. The Morgan fingerprint density at radius 1 is 1.38 bits per heavy atom. The Kier molecular flexibility index (Phi) is 4.92. The first kappa shape index (κ1) is 15.9. The largest absolute Gasteiger partial charge is 0.336 e. The van der Waals surface area contributed by atoms with Crippen molar-refractivity contribution in [2.75, 3.05) is 13.1 Å². The molecule has 0 unspecified atom stereocenters. The Bertz CT molecular complexity index is 711. The van der Waals surface area contributed by atoms with Crippen LogP contribution in [0.3, 0.4) is 0 Å². The second-order valence-corrected chi connectivity index (χ2v) is 6.58. The number of hydrogen-bond acceptors (Lipinski definition) is 6. The summed E-state index contributed by atoms with van der Waals surface area (Å²) in [6, 6.07) is 1.61. The van der Waals surface area contributed by atoms with Gasteiger partial charge in [-0.3, -0.25) is 0 Å². The van der Waals surface area contributed by atoms with Gasteiger partial charge in [0, 0.05) is 12.6 Å². The summed E-state index contributed by atoms with van der Waals surface area (Å²) in [7, 11) is -3.59. The van der Waals surface area contributed by atoms with Gasteiger partial charge in [0.2, 0.25) is 10.0 Å². The molecule has 2 aromatic heterocycles. The van der Waals surface area contributed by atoms with Crippen LogP contribution in [-0.4, -0.2) is 37.7 Å². The van der Waals surface area contributed by atoms with Crippen LogP contribution < -0.4 is 10.0 Å². The third-order valence-electron chi connectivity index (χ3n) is 3.16. The number of nitrogens with one attached hydrogen (secondary N) is 2. The van der Waals surface area contributed by atoms with E-state index in [2.05, 4.69) is 20.2 Å². The first-order valence-electron chi connectivity index (χ1n) is 6.95. The molecule has 0 aliphatic carbocycles. The number of likely N-dealkylation sites (N-methyl/N-ethyl adjacent to an activating group) is 1. The molecule has 2 aromatic rings. The van der Waals surface area contributed by atoms with Crippen molar-refractivity contribution in [3.8, 4) is 0 Å². The van der Waals surface area contributed by atoms with Crippen LogP contribution in [0, 0.1) is 0 Å². The average molecular weight is 312 g/mol. The van der Waals surface area contributed by atoms with Gasteiger partial charge in [0.05, 0.1) is 17.3 Å². The minimum Gasteiger partial charge on any atom is -0.336 e. The first-order valence-corrected chi connectivity index (χ1v) is 8.43. The fourth-order valence-corrected chi connectivity index (χ4v) is 3.10. The van der Waals surface area contributed by atoms with Crippen LogP contribution in [0.25, 0.3) is 11.1 Å². The molecule has 0 amide bonds. The van der Waals surface area contributed by atoms with Crippen molar-refractivity contribution < 1.29 is 12.9 Å². The number of hydrogen-bond donors (Lipinski definition) is 2. The topological polar surface area (TPSA) is 97.1 Å². The lowest BCUT2D eigenvalue weighted by Crippen LogP contribution is -2.38. The van der Waals surface area contributed by atoms with E-state index in [1.807, 2.05) is 20.8 Å². The number of aromatic nitrogens is 2. The molecule has 0 spiro atoms. The molecule has 0 saturated heterocycles. The summed E-state index contributed by atoms with van der Waals surface area (Å²) in [5.74, 6) is 0. The van der Waals surface area contributed by atoms with E-state index in [0.29, 0.717) is 29.8 Å². The van der Waals surface area contributed by atoms with E-state index in [1.54, 1.807) is 6.07 Å². The molecule has 7 nitrogen and oxygen atoms in total. The molecule has 2 heterocycles. The van der Waals surface area contributed by atoms with E-state index in [9.17, 15) is 8.42 Å². The Hall–Kier alpha value is -1.51. The minimum absolute atomic E-state index is 0.0586. The van der Waals surface area contributed by atoms with E-state index < -0.39 is 10.0 Å². The van der Waals surface area contributed by atoms with Gasteiger partial charge in [-0.1, -0.05) is 19.0 Å². The monoisotopic (exact) mass is 312 g/mol. The summed E-state index contributed by atoms with van der Waals surface area (Å²) in [5.41, 5.74) is 1.06. The summed E-state index contributed by atoms with van der Waals surface area (Å²) in [4.78, 5) is 4.14. The molecule has 0 aromatic carbocycles. The Balaban J connectivity index is 2.23. The second kappa shape index (κ2) is 6.50. The van der Waals surface area contributed by atoms with E-state index in [-0.39, 0.29) is 10.9 Å². The highest BCUT2D eigenvalue weighted by Crippen LogP contribution is 2.20. The molecule has 1 atom stereocenters. The molecule has 21 heavy (non-hydrogen) atoms. The number of fused-ring (bicyclic) bond motifs is 1. The maximum absolute atomic E-state index is 12.3. The highest BCUT2D eigenvalue weighted by atomic mass is 32.2. The molecule has 8 heteroatoms. The van der Waals surface area contributed by atoms with Gasteiger partial charge in [0.1, 0.15) is 4.90 Å². The molecule has 0 bridgehead atoms. The second-order valence-electron chi connectivity index (χ2n) is 4.82. The summed E-state index contributed by atoms with van der Waals surface area (Å²) >= 11 is 0. The van der Waals surface area contributed by atoms with Crippen LogP contribution in [0.5, 0.6) is 0 Å². The quantitative estimate of drug-likeness (QED) is 0.793. The van der Waals surface area contributed by atoms with E-state index in [1.165, 1.54) is 6.20 Å². The van der Waals surface area contributed by atoms with Crippen molar-refractivity contribution in [2.24, 2.45) is 0 Å². The molecule has 116 valence electrons. The summed E-state index contributed by atoms with van der Waals surface area (Å²) < 4.78 is 32.2. The fourth-order valence-electron chi connectivity index (χ4n) is 2.00. The van der Waals surface area contributed by atoms with Gasteiger partial charge in [-0.15, -0.1) is 0 Å². The number of rotatable bonds is 7. The van der Waals surface area contributed by atoms with Gasteiger partial charge in [-0.2, -0.15) is 0 Å². The zero-order valence-corrected chi connectivity index (χ0v) is 13.2. The highest BCUT2D eigenvalue weighted by Gasteiger charge is 2.18. The molecule has 0 radical (unpaired) electrons. The third-order valence-corrected chi connectivity index (χ3v) is 4.55. The Morgan fingerprint density at radius 3 is 2.81 bits per heavy atom. The van der Waals surface area contributed by atoms with Crippen LogP contribution in [0.2, 0.25) is 0 Å². The van der Waals surface area contributed by atoms with E-state index in [0.717, 1.165) is 6.54 Å². The van der Waals surface area contributed by atoms with Crippen LogP contribution in [0.4, 0.5) is 0 Å². The van der Waals surface area contributed by atoms with Crippen LogP contribution in [-0.2, 0) is 16.4 Å². The zero-order valence-electron chi connectivity index (χ0n) is 12.4. The van der Waals surface area contributed by atoms with Crippen molar-refractivity contribution >= 4 is 21.1 Å². The lowest BCUT2D eigenvalue weighted by Gasteiger charge is -2.13. The molecule has 2 rings (SSSR count). The maximum Gasteiger partial charge on any atom is 0.258 e. The SMILES string of the molecule is CCN[C@H](C)CNS(=O)(=O)c1cnc2onc(CC)c2c1. The first-order chi connectivity index (χ1) is 9.97. The minimum atomic E-state index is -3.59. The van der Waals surface area contributed by atoms with Gasteiger partial charge in [0.15, 0.2) is 0 Å². The summed E-state index contributed by atoms with van der Waals surface area (Å²) in [6.07, 6.45) is 1.94. The smallest absolute Gasteiger partial charge is 0.258 e. The van der Waals surface area contributed by atoms with Crippen LogP contribution >= 0.6 is 0 Å². The molecular weight excluding hydrogens is 292 g/mol. The van der Waals surface area contributed by atoms with Crippen molar-refractivity contribution in [1.82, 2.24) is 20.2 Å². The number of sulfonamides is 1. The normalized spacial score (nSPS) is 13.7. The summed E-state index contributed by atoms with van der Waals surface area (Å²) in [5, 5.41) is 7.66. The highest BCUT2D eigenvalue weighted by molar-refractivity contribution is 7.89. The van der Waals surface area contributed by atoms with Crippen LogP contribution in [0.15, 0.2) is 21.7 Å². The van der Waals surface area contributed by atoms with Gasteiger partial charge in [-0.25, -0.2) is 18.1 Å². The van der Waals surface area contributed by atoms with Gasteiger partial charge < -0.3 is 9.84 Å². The van der Waals surface area contributed by atoms with Crippen molar-refractivity contribution in [1.29, 1.82) is 0 Å². The standard InChI is InChI=1S/C13H20N4O3S/c1-4-12-11-6-10(8-15-13(11)20-17-12)21(18,19)16-7-9(3)14-5-2/h6,8-9,14,16H,4-5,7H2,1-3H3/t9-/m1/s1. The molecule has 0 fully saturated rings. The third kappa shape index (κ3) is 3.58. The summed E-state index contributed by atoms with van der Waals surface area (Å²) in [6.45, 7) is 6.92. The van der Waals surface area contributed by atoms with Crippen molar-refractivity contribution in [3.63, 3.8) is 0 Å². The number of pyridine rings is 1. The van der Waals surface area contributed by atoms with Gasteiger partial charge >= 0.3 is 0 Å². The van der Waals surface area contributed by atoms with E-state index >= 15 is 0 Å². The number of aryl methyl sites for hydroxylation is 1. The lowest BCUT2D eigenvalue weighted by atomic mass is 10.2. The maximum atomic E-state index is 12.3. The fraction of sp³-hybridized carbons (Fsp3) is 0.538. The van der Waals surface area contributed by atoms with Crippen molar-refractivity contribution in [3.05, 3.63) is 18.0 Å². The predicted molar refractivity (Wildman–Crippen MR) is 79.5 cm³/mol. The predicted octanol–water partition coefficient (Wildman–Crippen LogP) is 1.06. The van der Waals surface area contributed by atoms with Crippen molar-refractivity contribution in [2.45, 2.75) is 38.1 Å². The van der Waals surface area contributed by atoms with E-state index in [4.69, 9.17) is 4.52 Å². The Labute approximate surface area is 124 Å². The number of nitrogens with zero attached hydrogens (tertiary/aromatic N) is 2. The zero-order chi connectivity index (χ0) is 15.5.